The van der Waals surface area contributed by atoms with Crippen molar-refractivity contribution in [3.63, 3.8) is 0 Å². The van der Waals surface area contributed by atoms with E-state index < -0.39 is 102 Å². The molecule has 5 rings (SSSR count). The van der Waals surface area contributed by atoms with Crippen molar-refractivity contribution in [1.29, 1.82) is 0 Å². The molecule has 4 aromatic rings. The number of carbonyl (C=O) groups is 8. The number of aliphatic hydroxyl groups is 1. The number of aromatic amines is 1. The standard InChI is InChI=1S/C53H73N11O9/c1-30(2)23-41(49(70)60-39(21-14-22-54)48(69)61-40(46(56)67)25-33-15-8-6-9-16-33)59-44(66)29-58-47(68)43(26-34-17-10-7-11-18-34)62-51(72)45(32(4)65)64-50(71)42(24-31(3)55)63-52(73)53(5)27-37(53)36-28-57-38-20-13-12-19-35(36)38/h6-13,15-20,28,30-32,37,39-43,45,57,65H,14,21-27,29,54-55H2,1-5H3,(H2,56,67)(H,58,68)(H,59,66)(H,60,70)(H,61,69)(H,62,72)(H,63,73)(H,64,71)/t31?,32-,37?,39+,40+,41+,42+,43+,45+,53?/m1/s1. The Morgan fingerprint density at radius 1 is 0.671 bits per heavy atom. The van der Waals surface area contributed by atoms with E-state index in [1.165, 1.54) is 6.92 Å². The predicted molar refractivity (Wildman–Crippen MR) is 276 cm³/mol. The molecule has 0 aliphatic heterocycles. The number of hydrogen-bond donors (Lipinski definition) is 12. The van der Waals surface area contributed by atoms with Gasteiger partial charge >= 0.3 is 0 Å². The van der Waals surface area contributed by atoms with E-state index >= 15 is 0 Å². The SMILES string of the molecule is CC(C)C[C@H](NC(=O)CNC(=O)[C@H](Cc1ccccc1)NC(=O)[C@@H](NC(=O)[C@H](CC(C)N)NC(=O)C1(C)CC1c1c[nH]c2ccccc12)[C@@H](C)O)C(=O)N[C@@H](CCCN)C(=O)N[C@@H](Cc1ccccc1)C(N)=O. The fourth-order valence-electron chi connectivity index (χ4n) is 8.80. The van der Waals surface area contributed by atoms with Gasteiger partial charge in [0.15, 0.2) is 0 Å². The second kappa shape index (κ2) is 26.5. The molecule has 0 saturated heterocycles. The number of carbonyl (C=O) groups excluding carboxylic acids is 8. The number of nitrogens with two attached hydrogens (primary N) is 3. The van der Waals surface area contributed by atoms with E-state index in [1.807, 2.05) is 57.3 Å². The molecule has 8 amide bonds. The van der Waals surface area contributed by atoms with Gasteiger partial charge in [0.1, 0.15) is 36.3 Å². The lowest BCUT2D eigenvalue weighted by Gasteiger charge is -2.28. The van der Waals surface area contributed by atoms with Crippen molar-refractivity contribution in [2.24, 2.45) is 28.5 Å². The lowest BCUT2D eigenvalue weighted by Crippen LogP contribution is -2.61. The zero-order chi connectivity index (χ0) is 53.4. The Kier molecular flexibility index (Phi) is 20.6. The van der Waals surface area contributed by atoms with Crippen molar-refractivity contribution in [3.05, 3.63) is 108 Å². The molecule has 1 saturated carbocycles. The Bertz CT molecular complexity index is 2540. The molecule has 1 aromatic heterocycles. The highest BCUT2D eigenvalue weighted by Crippen LogP contribution is 2.60. The van der Waals surface area contributed by atoms with Gasteiger partial charge in [0.2, 0.25) is 47.3 Å². The van der Waals surface area contributed by atoms with Crippen LogP contribution in [-0.2, 0) is 51.2 Å². The zero-order valence-electron chi connectivity index (χ0n) is 42.2. The van der Waals surface area contributed by atoms with Gasteiger partial charge in [0.25, 0.3) is 0 Å². The minimum absolute atomic E-state index is 0.0110. The Hall–Kier alpha value is -7.16. The third kappa shape index (κ3) is 16.4. The number of rotatable bonds is 28. The summed E-state index contributed by atoms with van der Waals surface area (Å²) < 4.78 is 0. The molecular formula is C53H73N11O9. The number of benzene rings is 3. The number of H-pyrrole nitrogens is 1. The second-order valence-electron chi connectivity index (χ2n) is 19.8. The first-order valence-electron chi connectivity index (χ1n) is 24.9. The zero-order valence-corrected chi connectivity index (χ0v) is 42.2. The maximum absolute atomic E-state index is 14.0. The van der Waals surface area contributed by atoms with Gasteiger partial charge in [-0.2, -0.15) is 0 Å². The summed E-state index contributed by atoms with van der Waals surface area (Å²) in [6.07, 6.45) is 1.64. The summed E-state index contributed by atoms with van der Waals surface area (Å²) >= 11 is 0. The quantitative estimate of drug-likeness (QED) is 0.0373. The molecule has 1 heterocycles. The van der Waals surface area contributed by atoms with Gasteiger partial charge in [0, 0.05) is 41.9 Å². The van der Waals surface area contributed by atoms with Crippen LogP contribution in [0, 0.1) is 11.3 Å². The van der Waals surface area contributed by atoms with Gasteiger partial charge in [0.05, 0.1) is 18.1 Å². The van der Waals surface area contributed by atoms with E-state index in [-0.39, 0.29) is 56.4 Å². The molecule has 3 unspecified atom stereocenters. The topological polar surface area (TPSA) is 335 Å². The van der Waals surface area contributed by atoms with Crippen LogP contribution in [0.1, 0.15) is 89.3 Å². The summed E-state index contributed by atoms with van der Waals surface area (Å²) in [5, 5.41) is 30.4. The summed E-state index contributed by atoms with van der Waals surface area (Å²) in [5.74, 6) is -5.98. The van der Waals surface area contributed by atoms with E-state index in [1.54, 1.807) is 61.5 Å². The fourth-order valence-corrected chi connectivity index (χ4v) is 8.80. The van der Waals surface area contributed by atoms with Crippen molar-refractivity contribution in [2.75, 3.05) is 13.1 Å². The highest BCUT2D eigenvalue weighted by molar-refractivity contribution is 5.98. The summed E-state index contributed by atoms with van der Waals surface area (Å²) in [7, 11) is 0. The molecule has 0 bridgehead atoms. The van der Waals surface area contributed by atoms with Gasteiger partial charge in [-0.05, 0) is 81.2 Å². The molecule has 10 atom stereocenters. The molecule has 20 nitrogen and oxygen atoms in total. The smallest absolute Gasteiger partial charge is 0.245 e. The summed E-state index contributed by atoms with van der Waals surface area (Å²) in [6.45, 7) is 8.02. The van der Waals surface area contributed by atoms with Crippen LogP contribution in [0.2, 0.25) is 0 Å². The molecule has 73 heavy (non-hydrogen) atoms. The van der Waals surface area contributed by atoms with E-state index in [2.05, 4.69) is 42.2 Å². The Morgan fingerprint density at radius 2 is 1.22 bits per heavy atom. The van der Waals surface area contributed by atoms with Crippen LogP contribution in [0.4, 0.5) is 0 Å². The maximum atomic E-state index is 14.0. The molecule has 20 heteroatoms. The number of primary amides is 1. The summed E-state index contributed by atoms with van der Waals surface area (Å²) in [4.78, 5) is 112. The first-order chi connectivity index (χ1) is 34.7. The van der Waals surface area contributed by atoms with Gasteiger partial charge in [-0.15, -0.1) is 0 Å². The molecule has 1 aliphatic carbocycles. The molecule has 0 radical (unpaired) electrons. The molecule has 3 aromatic carbocycles. The minimum atomic E-state index is -1.60. The third-order valence-electron chi connectivity index (χ3n) is 13.0. The van der Waals surface area contributed by atoms with Crippen LogP contribution < -0.4 is 54.4 Å². The number of nitrogens with one attached hydrogen (secondary N) is 8. The van der Waals surface area contributed by atoms with E-state index in [0.717, 1.165) is 22.0 Å². The number of amides is 8. The number of fused-ring (bicyclic) bond motifs is 1. The number of aromatic nitrogens is 1. The van der Waals surface area contributed by atoms with Gasteiger partial charge in [-0.1, -0.05) is 99.6 Å². The average molecular weight is 1010 g/mol. The Morgan fingerprint density at radius 3 is 1.81 bits per heavy atom. The van der Waals surface area contributed by atoms with Crippen molar-refractivity contribution in [1.82, 2.24) is 42.2 Å². The highest BCUT2D eigenvalue weighted by atomic mass is 16.3. The number of aliphatic hydroxyl groups excluding tert-OH is 1. The molecule has 1 fully saturated rings. The normalized spacial score (nSPS) is 18.3. The molecule has 1 aliphatic rings. The van der Waals surface area contributed by atoms with Gasteiger partial charge in [-0.3, -0.25) is 38.4 Å². The summed E-state index contributed by atoms with van der Waals surface area (Å²) in [6, 6.07) is 17.4. The van der Waals surface area contributed by atoms with Gasteiger partial charge in [-0.25, -0.2) is 0 Å². The molecule has 0 spiro atoms. The van der Waals surface area contributed by atoms with Crippen LogP contribution in [-0.4, -0.2) is 119 Å². The highest BCUT2D eigenvalue weighted by Gasteiger charge is 2.57. The third-order valence-corrected chi connectivity index (χ3v) is 13.0. The molecule has 15 N–H and O–H groups in total. The Labute approximate surface area is 425 Å². The fraction of sp³-hybridized carbons (Fsp3) is 0.472. The van der Waals surface area contributed by atoms with E-state index in [4.69, 9.17) is 17.2 Å². The van der Waals surface area contributed by atoms with Crippen LogP contribution in [0.5, 0.6) is 0 Å². The van der Waals surface area contributed by atoms with Crippen molar-refractivity contribution in [2.45, 2.75) is 134 Å². The first kappa shape index (κ1) is 56.8. The number of hydrogen-bond acceptors (Lipinski definition) is 11. The monoisotopic (exact) mass is 1010 g/mol. The van der Waals surface area contributed by atoms with Crippen LogP contribution in [0.3, 0.4) is 0 Å². The molecular weight excluding hydrogens is 935 g/mol. The molecule has 394 valence electrons. The van der Waals surface area contributed by atoms with Crippen LogP contribution >= 0.6 is 0 Å². The van der Waals surface area contributed by atoms with E-state index in [9.17, 15) is 43.5 Å². The lowest BCUT2D eigenvalue weighted by atomic mass is 9.98. The predicted octanol–water partition coefficient (Wildman–Crippen LogP) is 0.560. The number of para-hydroxylation sites is 1. The average Bonchev–Trinajstić information content (AvgIpc) is 3.86. The largest absolute Gasteiger partial charge is 0.391 e. The van der Waals surface area contributed by atoms with Crippen LogP contribution in [0.25, 0.3) is 10.9 Å². The van der Waals surface area contributed by atoms with Gasteiger partial charge < -0.3 is 64.5 Å². The van der Waals surface area contributed by atoms with Crippen LogP contribution in [0.15, 0.2) is 91.1 Å². The minimum Gasteiger partial charge on any atom is -0.391 e. The first-order valence-corrected chi connectivity index (χ1v) is 24.9. The summed E-state index contributed by atoms with van der Waals surface area (Å²) in [5.41, 5.74) is 20.0. The van der Waals surface area contributed by atoms with Crippen molar-refractivity contribution < 1.29 is 43.5 Å². The lowest BCUT2D eigenvalue weighted by molar-refractivity contribution is -0.136. The maximum Gasteiger partial charge on any atom is 0.245 e. The Balaban J connectivity index is 1.23. The van der Waals surface area contributed by atoms with Crippen molar-refractivity contribution >= 4 is 58.2 Å². The second-order valence-corrected chi connectivity index (χ2v) is 19.8. The van der Waals surface area contributed by atoms with E-state index in [0.29, 0.717) is 18.4 Å². The van der Waals surface area contributed by atoms with Crippen molar-refractivity contribution in [3.8, 4) is 0 Å².